The van der Waals surface area contributed by atoms with Gasteiger partial charge in [-0.25, -0.2) is 9.97 Å². The maximum Gasteiger partial charge on any atom is 0.201 e. The molecule has 0 aliphatic heterocycles. The van der Waals surface area contributed by atoms with Gasteiger partial charge >= 0.3 is 0 Å². The summed E-state index contributed by atoms with van der Waals surface area (Å²) in [5.74, 6) is 0. The van der Waals surface area contributed by atoms with E-state index in [1.54, 1.807) is 0 Å². The highest BCUT2D eigenvalue weighted by atomic mass is 14.8. The molecular formula is C25H7N7. The lowest BCUT2D eigenvalue weighted by Crippen LogP contribution is -1.97. The number of rotatable bonds is 0. The van der Waals surface area contributed by atoms with Gasteiger partial charge in [-0.3, -0.25) is 14.5 Å². The summed E-state index contributed by atoms with van der Waals surface area (Å²) in [6.45, 7) is 22.8. The standard InChI is InChI=1S/C25H7N7/c1-28-18-10-17-21(25(30-3)24(18)29-2)15-8-13-6-4-5-7-14(13)9-16(15)22-23(17)32-20(12-27)19(11-26)31-22/h4-10H. The summed E-state index contributed by atoms with van der Waals surface area (Å²) < 4.78 is 0. The molecule has 1 aromatic heterocycles. The molecule has 0 bridgehead atoms. The first kappa shape index (κ1) is 18.5. The predicted octanol–water partition coefficient (Wildman–Crippen LogP) is 6.49. The largest absolute Gasteiger partial charge is 0.262 e. The molecule has 0 spiro atoms. The number of benzene rings is 4. The molecule has 32 heavy (non-hydrogen) atoms. The van der Waals surface area contributed by atoms with Crippen molar-refractivity contribution >= 4 is 60.4 Å². The number of hydrogen-bond donors (Lipinski definition) is 0. The van der Waals surface area contributed by atoms with E-state index in [-0.39, 0.29) is 28.5 Å². The summed E-state index contributed by atoms with van der Waals surface area (Å²) in [6.07, 6.45) is 0. The molecule has 0 amide bonds. The Bertz CT molecular complexity index is 1880. The van der Waals surface area contributed by atoms with Gasteiger partial charge in [-0.1, -0.05) is 30.3 Å². The van der Waals surface area contributed by atoms with Gasteiger partial charge in [0.25, 0.3) is 0 Å². The summed E-state index contributed by atoms with van der Waals surface area (Å²) in [4.78, 5) is 19.4. The third-order valence-electron chi connectivity index (χ3n) is 5.37. The molecule has 1 heterocycles. The SMILES string of the molecule is [C-]#[N+]c1cc2c3nc(C#N)c(C#N)nc3c3cc4ccccc4cc3c2c([N+]#[C-])c1[N+]#[C-]. The van der Waals surface area contributed by atoms with Crippen molar-refractivity contribution < 1.29 is 0 Å². The molecule has 0 atom stereocenters. The van der Waals surface area contributed by atoms with Gasteiger partial charge in [0.1, 0.15) is 12.1 Å². The van der Waals surface area contributed by atoms with E-state index in [9.17, 15) is 10.5 Å². The van der Waals surface area contributed by atoms with Crippen molar-refractivity contribution in [2.24, 2.45) is 0 Å². The molecule has 0 radical (unpaired) electrons. The van der Waals surface area contributed by atoms with E-state index < -0.39 is 0 Å². The quantitative estimate of drug-likeness (QED) is 0.167. The molecule has 0 saturated heterocycles. The Morgan fingerprint density at radius 2 is 1.25 bits per heavy atom. The molecule has 142 valence electrons. The van der Waals surface area contributed by atoms with Crippen LogP contribution in [-0.4, -0.2) is 9.97 Å². The van der Waals surface area contributed by atoms with Crippen LogP contribution in [0.3, 0.4) is 0 Å². The molecule has 0 aliphatic carbocycles. The van der Waals surface area contributed by atoms with Crippen LogP contribution in [0.1, 0.15) is 11.4 Å². The zero-order valence-electron chi connectivity index (χ0n) is 16.2. The molecular weight excluding hydrogens is 398 g/mol. The fourth-order valence-electron chi connectivity index (χ4n) is 4.02. The fourth-order valence-corrected chi connectivity index (χ4v) is 4.02. The van der Waals surface area contributed by atoms with Gasteiger partial charge in [-0.15, -0.1) is 0 Å². The minimum atomic E-state index is -0.135. The van der Waals surface area contributed by atoms with Gasteiger partial charge in [0.2, 0.25) is 5.69 Å². The van der Waals surface area contributed by atoms with Crippen LogP contribution in [0.4, 0.5) is 17.1 Å². The van der Waals surface area contributed by atoms with Crippen molar-refractivity contribution in [3.63, 3.8) is 0 Å². The van der Waals surface area contributed by atoms with Crippen molar-refractivity contribution in [3.8, 4) is 12.1 Å². The summed E-state index contributed by atoms with van der Waals surface area (Å²) >= 11 is 0. The van der Waals surface area contributed by atoms with Gasteiger partial charge in [-0.2, -0.15) is 10.5 Å². The number of nitriles is 2. The lowest BCUT2D eigenvalue weighted by Gasteiger charge is -2.14. The maximum absolute atomic E-state index is 9.48. The number of fused-ring (bicyclic) bond motifs is 7. The Morgan fingerprint density at radius 3 is 1.78 bits per heavy atom. The lowest BCUT2D eigenvalue weighted by atomic mass is 9.94. The third-order valence-corrected chi connectivity index (χ3v) is 5.37. The van der Waals surface area contributed by atoms with Gasteiger partial charge in [0, 0.05) is 5.39 Å². The topological polar surface area (TPSA) is 86.4 Å². The Hall–Kier alpha value is -5.55. The molecule has 0 unspecified atom stereocenters. The van der Waals surface area contributed by atoms with Crippen molar-refractivity contribution in [3.05, 3.63) is 88.1 Å². The molecule has 0 N–H and O–H groups in total. The molecule has 0 aliphatic rings. The zero-order valence-corrected chi connectivity index (χ0v) is 16.2. The second kappa shape index (κ2) is 6.76. The van der Waals surface area contributed by atoms with Crippen molar-refractivity contribution in [1.29, 1.82) is 10.5 Å². The molecule has 7 nitrogen and oxygen atoms in total. The van der Waals surface area contributed by atoms with Crippen molar-refractivity contribution in [2.75, 3.05) is 0 Å². The Kier molecular flexibility index (Phi) is 3.90. The van der Waals surface area contributed by atoms with E-state index in [0.717, 1.165) is 10.8 Å². The van der Waals surface area contributed by atoms with E-state index in [1.165, 1.54) is 6.07 Å². The van der Waals surface area contributed by atoms with Crippen LogP contribution in [0.25, 0.3) is 57.9 Å². The second-order valence-corrected chi connectivity index (χ2v) is 6.94. The van der Waals surface area contributed by atoms with E-state index in [0.29, 0.717) is 32.6 Å². The van der Waals surface area contributed by atoms with Crippen LogP contribution in [0, 0.1) is 42.4 Å². The molecule has 4 aromatic carbocycles. The Balaban J connectivity index is 2.22. The lowest BCUT2D eigenvalue weighted by molar-refractivity contribution is 1.21. The number of nitrogens with zero attached hydrogens (tertiary/aromatic N) is 7. The van der Waals surface area contributed by atoms with Gasteiger partial charge < -0.3 is 0 Å². The minimum absolute atomic E-state index is 0.0154. The number of hydrogen-bond acceptors (Lipinski definition) is 4. The normalized spacial score (nSPS) is 10.3. The highest BCUT2D eigenvalue weighted by molar-refractivity contribution is 6.30. The third kappa shape index (κ3) is 2.36. The number of aromatic nitrogens is 2. The van der Waals surface area contributed by atoms with E-state index >= 15 is 0 Å². The van der Waals surface area contributed by atoms with Crippen molar-refractivity contribution in [2.45, 2.75) is 0 Å². The first-order chi connectivity index (χ1) is 15.6. The fraction of sp³-hybridized carbons (Fsp3) is 0. The zero-order chi connectivity index (χ0) is 22.4. The summed E-state index contributed by atoms with van der Waals surface area (Å²) in [6, 6.07) is 16.8. The highest BCUT2D eigenvalue weighted by Gasteiger charge is 2.22. The van der Waals surface area contributed by atoms with E-state index in [4.69, 9.17) is 19.7 Å². The Morgan fingerprint density at radius 1 is 0.688 bits per heavy atom. The van der Waals surface area contributed by atoms with Crippen molar-refractivity contribution in [1.82, 2.24) is 9.97 Å². The maximum atomic E-state index is 9.48. The molecule has 0 fully saturated rings. The van der Waals surface area contributed by atoms with Crippen LogP contribution in [0.15, 0.2) is 42.5 Å². The van der Waals surface area contributed by atoms with Crippen LogP contribution >= 0.6 is 0 Å². The average Bonchev–Trinajstić information content (AvgIpc) is 2.85. The van der Waals surface area contributed by atoms with Crippen LogP contribution in [0.2, 0.25) is 0 Å². The van der Waals surface area contributed by atoms with Gasteiger partial charge in [-0.05, 0) is 39.1 Å². The van der Waals surface area contributed by atoms with E-state index in [2.05, 4.69) is 24.5 Å². The first-order valence-corrected chi connectivity index (χ1v) is 9.24. The smallest absolute Gasteiger partial charge is 0.201 e. The van der Waals surface area contributed by atoms with E-state index in [1.807, 2.05) is 48.5 Å². The molecule has 5 rings (SSSR count). The van der Waals surface area contributed by atoms with Crippen LogP contribution in [-0.2, 0) is 0 Å². The molecule has 5 aromatic rings. The van der Waals surface area contributed by atoms with Crippen LogP contribution in [0.5, 0.6) is 0 Å². The summed E-state index contributed by atoms with van der Waals surface area (Å²) in [7, 11) is 0. The van der Waals surface area contributed by atoms with Gasteiger partial charge in [0.05, 0.1) is 30.7 Å². The monoisotopic (exact) mass is 405 g/mol. The summed E-state index contributed by atoms with van der Waals surface area (Å²) in [5.41, 5.74) is 0.561. The minimum Gasteiger partial charge on any atom is -0.262 e. The highest BCUT2D eigenvalue weighted by Crippen LogP contribution is 2.49. The molecule has 0 saturated carbocycles. The van der Waals surface area contributed by atoms with Crippen LogP contribution < -0.4 is 0 Å². The summed E-state index contributed by atoms with van der Waals surface area (Å²) in [5, 5.41) is 23.1. The Labute approximate surface area is 181 Å². The first-order valence-electron chi connectivity index (χ1n) is 9.24. The predicted molar refractivity (Wildman–Crippen MR) is 120 cm³/mol. The van der Waals surface area contributed by atoms with Gasteiger partial charge in [0.15, 0.2) is 22.8 Å². The average molecular weight is 405 g/mol. The second-order valence-electron chi connectivity index (χ2n) is 6.94. The molecule has 7 heteroatoms.